The third-order valence-corrected chi connectivity index (χ3v) is 4.77. The summed E-state index contributed by atoms with van der Waals surface area (Å²) in [6.45, 7) is 1.63. The zero-order valence-electron chi connectivity index (χ0n) is 13.8. The molecule has 0 N–H and O–H groups in total. The smallest absolute Gasteiger partial charge is 0.414 e. The van der Waals surface area contributed by atoms with Crippen molar-refractivity contribution in [2.45, 2.75) is 18.9 Å². The Morgan fingerprint density at radius 1 is 1.16 bits per heavy atom. The molecular weight excluding hydrogens is 318 g/mol. The molecule has 2 aromatic rings. The van der Waals surface area contributed by atoms with Gasteiger partial charge in [-0.25, -0.2) is 4.79 Å². The van der Waals surface area contributed by atoms with Crippen LogP contribution in [-0.4, -0.2) is 41.6 Å². The van der Waals surface area contributed by atoms with Crippen molar-refractivity contribution in [2.24, 2.45) is 0 Å². The first-order chi connectivity index (χ1) is 12.2. The quantitative estimate of drug-likeness (QED) is 0.864. The van der Waals surface area contributed by atoms with Gasteiger partial charge in [-0.1, -0.05) is 6.07 Å². The minimum absolute atomic E-state index is 0.00581. The predicted octanol–water partition coefficient (Wildman–Crippen LogP) is 3.02. The van der Waals surface area contributed by atoms with E-state index < -0.39 is 0 Å². The van der Waals surface area contributed by atoms with Crippen molar-refractivity contribution in [3.05, 3.63) is 59.9 Å². The van der Waals surface area contributed by atoms with Crippen LogP contribution in [0, 0.1) is 0 Å². The summed E-state index contributed by atoms with van der Waals surface area (Å²) in [6.07, 6.45) is 5.09. The minimum atomic E-state index is -0.361. The second-order valence-corrected chi connectivity index (χ2v) is 6.25. The van der Waals surface area contributed by atoms with Gasteiger partial charge in [-0.3, -0.25) is 14.7 Å². The molecule has 1 atom stereocenters. The number of pyridine rings is 1. The van der Waals surface area contributed by atoms with E-state index in [2.05, 4.69) is 4.98 Å². The van der Waals surface area contributed by atoms with Gasteiger partial charge in [0.05, 0.1) is 12.6 Å². The second-order valence-electron chi connectivity index (χ2n) is 6.25. The molecule has 0 bridgehead atoms. The summed E-state index contributed by atoms with van der Waals surface area (Å²) in [6, 6.07) is 11.2. The molecule has 2 amide bonds. The fourth-order valence-corrected chi connectivity index (χ4v) is 3.54. The van der Waals surface area contributed by atoms with Gasteiger partial charge in [0.25, 0.3) is 5.91 Å². The first-order valence-corrected chi connectivity index (χ1v) is 8.49. The van der Waals surface area contributed by atoms with Crippen LogP contribution in [0.3, 0.4) is 0 Å². The molecule has 2 saturated heterocycles. The van der Waals surface area contributed by atoms with Crippen LogP contribution < -0.4 is 4.90 Å². The largest absolute Gasteiger partial charge is 0.447 e. The summed E-state index contributed by atoms with van der Waals surface area (Å²) in [4.78, 5) is 32.3. The van der Waals surface area contributed by atoms with E-state index in [0.717, 1.165) is 24.9 Å². The zero-order valence-corrected chi connectivity index (χ0v) is 13.8. The predicted molar refractivity (Wildman–Crippen MR) is 92.4 cm³/mol. The van der Waals surface area contributed by atoms with Crippen LogP contribution in [0.25, 0.3) is 0 Å². The Balaban J connectivity index is 1.59. The monoisotopic (exact) mass is 337 g/mol. The molecule has 0 radical (unpaired) electrons. The lowest BCUT2D eigenvalue weighted by molar-refractivity contribution is 0.0735. The van der Waals surface area contributed by atoms with Gasteiger partial charge >= 0.3 is 6.09 Å². The van der Waals surface area contributed by atoms with Crippen LogP contribution in [0.1, 0.15) is 34.8 Å². The molecule has 1 aromatic heterocycles. The summed E-state index contributed by atoms with van der Waals surface area (Å²) in [7, 11) is 0. The number of hydrogen-bond acceptors (Lipinski definition) is 4. The minimum Gasteiger partial charge on any atom is -0.447 e. The van der Waals surface area contributed by atoms with Crippen molar-refractivity contribution in [1.82, 2.24) is 9.88 Å². The lowest BCUT2D eigenvalue weighted by Gasteiger charge is -2.25. The van der Waals surface area contributed by atoms with Gasteiger partial charge in [0, 0.05) is 30.2 Å². The molecule has 2 aliphatic rings. The van der Waals surface area contributed by atoms with E-state index in [1.807, 2.05) is 29.2 Å². The Hall–Kier alpha value is -2.89. The molecule has 6 heteroatoms. The molecule has 2 fully saturated rings. The van der Waals surface area contributed by atoms with Crippen LogP contribution in [0.5, 0.6) is 0 Å². The lowest BCUT2D eigenvalue weighted by Crippen LogP contribution is -2.31. The number of rotatable bonds is 3. The number of benzene rings is 1. The second kappa shape index (κ2) is 6.55. The number of aromatic nitrogens is 1. The number of carbonyl (C=O) groups is 2. The van der Waals surface area contributed by atoms with Crippen LogP contribution in [0.4, 0.5) is 10.5 Å². The summed E-state index contributed by atoms with van der Waals surface area (Å²) < 4.78 is 4.98. The van der Waals surface area contributed by atoms with E-state index in [1.54, 1.807) is 29.4 Å². The normalized spacial score (nSPS) is 20.0. The SMILES string of the molecule is O=C1OCCN1c1cccc(C(=O)N2CCC[C@H]2c2ccncc2)c1. The van der Waals surface area contributed by atoms with Crippen LogP contribution >= 0.6 is 0 Å². The maximum Gasteiger partial charge on any atom is 0.414 e. The molecule has 6 nitrogen and oxygen atoms in total. The summed E-state index contributed by atoms with van der Waals surface area (Å²) in [5, 5.41) is 0. The van der Waals surface area contributed by atoms with E-state index in [9.17, 15) is 9.59 Å². The molecule has 128 valence electrons. The number of cyclic esters (lactones) is 1. The zero-order chi connectivity index (χ0) is 17.2. The van der Waals surface area contributed by atoms with Gasteiger partial charge < -0.3 is 9.64 Å². The number of nitrogens with zero attached hydrogens (tertiary/aromatic N) is 3. The molecule has 0 spiro atoms. The van der Waals surface area contributed by atoms with Crippen molar-refractivity contribution < 1.29 is 14.3 Å². The Labute approximate surface area is 146 Å². The van der Waals surface area contributed by atoms with E-state index in [4.69, 9.17) is 4.74 Å². The molecule has 0 saturated carbocycles. The lowest BCUT2D eigenvalue weighted by atomic mass is 10.1. The van der Waals surface area contributed by atoms with Gasteiger partial charge in [0.1, 0.15) is 6.61 Å². The van der Waals surface area contributed by atoms with Gasteiger partial charge in [-0.15, -0.1) is 0 Å². The fourth-order valence-electron chi connectivity index (χ4n) is 3.54. The summed E-state index contributed by atoms with van der Waals surface area (Å²) in [5.41, 5.74) is 2.41. The fraction of sp³-hybridized carbons (Fsp3) is 0.316. The van der Waals surface area contributed by atoms with Crippen molar-refractivity contribution in [3.8, 4) is 0 Å². The van der Waals surface area contributed by atoms with Crippen molar-refractivity contribution in [2.75, 3.05) is 24.6 Å². The van der Waals surface area contributed by atoms with Crippen molar-refractivity contribution >= 4 is 17.7 Å². The number of likely N-dealkylation sites (tertiary alicyclic amines) is 1. The highest BCUT2D eigenvalue weighted by Crippen LogP contribution is 2.33. The summed E-state index contributed by atoms with van der Waals surface area (Å²) in [5.74, 6) is -0.00581. The first-order valence-electron chi connectivity index (χ1n) is 8.49. The number of ether oxygens (including phenoxy) is 1. The van der Waals surface area contributed by atoms with E-state index >= 15 is 0 Å². The molecule has 2 aliphatic heterocycles. The van der Waals surface area contributed by atoms with E-state index in [-0.39, 0.29) is 18.0 Å². The molecule has 1 aromatic carbocycles. The van der Waals surface area contributed by atoms with Crippen LogP contribution in [0.2, 0.25) is 0 Å². The molecule has 0 unspecified atom stereocenters. The maximum atomic E-state index is 13.1. The summed E-state index contributed by atoms with van der Waals surface area (Å²) >= 11 is 0. The van der Waals surface area contributed by atoms with Crippen LogP contribution in [0.15, 0.2) is 48.8 Å². The van der Waals surface area contributed by atoms with Gasteiger partial charge in [0.2, 0.25) is 0 Å². The molecular formula is C19H19N3O3. The Morgan fingerprint density at radius 2 is 2.00 bits per heavy atom. The Kier molecular flexibility index (Phi) is 4.09. The highest BCUT2D eigenvalue weighted by atomic mass is 16.6. The molecule has 0 aliphatic carbocycles. The van der Waals surface area contributed by atoms with Crippen LogP contribution in [-0.2, 0) is 4.74 Å². The highest BCUT2D eigenvalue weighted by Gasteiger charge is 2.31. The third-order valence-electron chi connectivity index (χ3n) is 4.77. The highest BCUT2D eigenvalue weighted by molar-refractivity contribution is 5.97. The standard InChI is InChI=1S/C19H19N3O3/c23-18(22-10-2-5-17(22)14-6-8-20-9-7-14)15-3-1-4-16(13-15)21-11-12-25-19(21)24/h1,3-4,6-9,13,17H,2,5,10-12H2/t17-/m0/s1. The average molecular weight is 337 g/mol. The number of carbonyl (C=O) groups excluding carboxylic acids is 2. The van der Waals surface area contributed by atoms with Gasteiger partial charge in [-0.2, -0.15) is 0 Å². The van der Waals surface area contributed by atoms with E-state index in [0.29, 0.717) is 24.4 Å². The molecule has 25 heavy (non-hydrogen) atoms. The number of amides is 2. The topological polar surface area (TPSA) is 62.7 Å². The molecule has 4 rings (SSSR count). The number of anilines is 1. The van der Waals surface area contributed by atoms with Gasteiger partial charge in [0.15, 0.2) is 0 Å². The van der Waals surface area contributed by atoms with Crippen molar-refractivity contribution in [3.63, 3.8) is 0 Å². The van der Waals surface area contributed by atoms with E-state index in [1.165, 1.54) is 0 Å². The third kappa shape index (κ3) is 2.95. The Bertz CT molecular complexity index is 794. The maximum absolute atomic E-state index is 13.1. The van der Waals surface area contributed by atoms with Gasteiger partial charge in [-0.05, 0) is 48.7 Å². The molecule has 3 heterocycles. The first kappa shape index (κ1) is 15.6. The van der Waals surface area contributed by atoms with Crippen molar-refractivity contribution in [1.29, 1.82) is 0 Å². The Morgan fingerprint density at radius 3 is 2.76 bits per heavy atom. The average Bonchev–Trinajstić information content (AvgIpc) is 3.31. The number of hydrogen-bond donors (Lipinski definition) is 0.